The average molecular weight is 509 g/mol. The minimum absolute atomic E-state index is 0.00406. The summed E-state index contributed by atoms with van der Waals surface area (Å²) in [5.41, 5.74) is -2.48. The molecular formula is C25H24F5N3O3. The topological polar surface area (TPSA) is 84.1 Å². The van der Waals surface area contributed by atoms with Crippen molar-refractivity contribution in [3.8, 4) is 5.75 Å². The molecule has 2 aromatic carbocycles. The molecule has 6 nitrogen and oxygen atoms in total. The molecular weight excluding hydrogens is 485 g/mol. The molecule has 0 spiro atoms. The Morgan fingerprint density at radius 3 is 2.31 bits per heavy atom. The van der Waals surface area contributed by atoms with E-state index in [2.05, 4.69) is 15.3 Å². The number of nitrogens with zero attached hydrogens (tertiary/aromatic N) is 1. The minimum atomic E-state index is -4.86. The van der Waals surface area contributed by atoms with Crippen molar-refractivity contribution >= 4 is 5.91 Å². The number of aromatic nitrogens is 2. The molecule has 0 radical (unpaired) electrons. The number of H-pyrrole nitrogens is 1. The van der Waals surface area contributed by atoms with E-state index in [1.165, 1.54) is 19.2 Å². The van der Waals surface area contributed by atoms with E-state index < -0.39 is 46.3 Å². The lowest BCUT2D eigenvalue weighted by atomic mass is 9.82. The smallest absolute Gasteiger partial charge is 0.419 e. The highest BCUT2D eigenvalue weighted by Crippen LogP contribution is 2.37. The molecule has 0 aliphatic rings. The monoisotopic (exact) mass is 509 g/mol. The Hall–Kier alpha value is -3.76. The first-order valence-corrected chi connectivity index (χ1v) is 10.8. The molecule has 0 saturated heterocycles. The van der Waals surface area contributed by atoms with Crippen molar-refractivity contribution in [1.29, 1.82) is 0 Å². The summed E-state index contributed by atoms with van der Waals surface area (Å²) in [5.74, 6) is -2.73. The van der Waals surface area contributed by atoms with Crippen LogP contribution in [0.2, 0.25) is 0 Å². The number of carbonyl (C=O) groups is 1. The fourth-order valence-corrected chi connectivity index (χ4v) is 3.67. The van der Waals surface area contributed by atoms with Crippen molar-refractivity contribution in [3.63, 3.8) is 0 Å². The number of hydrogen-bond acceptors (Lipinski definition) is 4. The van der Waals surface area contributed by atoms with Crippen LogP contribution in [0.4, 0.5) is 22.0 Å². The zero-order valence-corrected chi connectivity index (χ0v) is 19.9. The van der Waals surface area contributed by atoms with Crippen LogP contribution in [0.15, 0.2) is 47.3 Å². The number of halogens is 5. The van der Waals surface area contributed by atoms with Crippen LogP contribution in [-0.4, -0.2) is 23.0 Å². The van der Waals surface area contributed by atoms with Crippen molar-refractivity contribution in [1.82, 2.24) is 15.3 Å². The van der Waals surface area contributed by atoms with E-state index in [-0.39, 0.29) is 29.3 Å². The van der Waals surface area contributed by atoms with Crippen LogP contribution in [0, 0.1) is 17.0 Å². The van der Waals surface area contributed by atoms with Crippen LogP contribution in [0.5, 0.6) is 5.75 Å². The van der Waals surface area contributed by atoms with E-state index in [9.17, 15) is 31.5 Å². The zero-order valence-electron chi connectivity index (χ0n) is 19.9. The Balaban J connectivity index is 1.89. The second-order valence-corrected chi connectivity index (χ2v) is 9.23. The molecule has 1 atom stereocenters. The van der Waals surface area contributed by atoms with Gasteiger partial charge in [-0.05, 0) is 40.8 Å². The van der Waals surface area contributed by atoms with E-state index in [4.69, 9.17) is 4.74 Å². The molecule has 36 heavy (non-hydrogen) atoms. The minimum Gasteiger partial charge on any atom is -0.494 e. The largest absolute Gasteiger partial charge is 0.494 e. The third-order valence-electron chi connectivity index (χ3n) is 5.38. The van der Waals surface area contributed by atoms with Gasteiger partial charge in [-0.1, -0.05) is 32.9 Å². The van der Waals surface area contributed by atoms with Crippen molar-refractivity contribution < 1.29 is 31.5 Å². The Labute approximate surface area is 203 Å². The summed E-state index contributed by atoms with van der Waals surface area (Å²) in [5, 5.41) is 2.64. The summed E-state index contributed by atoms with van der Waals surface area (Å²) in [6.07, 6.45) is -4.86. The van der Waals surface area contributed by atoms with E-state index in [1.54, 1.807) is 26.8 Å². The summed E-state index contributed by atoms with van der Waals surface area (Å²) in [6, 6.07) is 6.68. The van der Waals surface area contributed by atoms with Crippen molar-refractivity contribution in [2.45, 2.75) is 39.4 Å². The van der Waals surface area contributed by atoms with E-state index in [0.29, 0.717) is 11.6 Å². The number of methoxy groups -OCH3 is 1. The van der Waals surface area contributed by atoms with Gasteiger partial charge < -0.3 is 15.0 Å². The molecule has 11 heteroatoms. The van der Waals surface area contributed by atoms with Gasteiger partial charge in [-0.3, -0.25) is 9.59 Å². The van der Waals surface area contributed by atoms with Crippen LogP contribution in [0.1, 0.15) is 59.8 Å². The van der Waals surface area contributed by atoms with Gasteiger partial charge in [0, 0.05) is 12.5 Å². The summed E-state index contributed by atoms with van der Waals surface area (Å²) in [4.78, 5) is 31.8. The quantitative estimate of drug-likeness (QED) is 0.449. The molecule has 1 amide bonds. The van der Waals surface area contributed by atoms with Gasteiger partial charge in [-0.15, -0.1) is 0 Å². The summed E-state index contributed by atoms with van der Waals surface area (Å²) in [6.45, 7) is 5.13. The summed E-state index contributed by atoms with van der Waals surface area (Å²) >= 11 is 0. The fourth-order valence-electron chi connectivity index (χ4n) is 3.67. The first-order valence-electron chi connectivity index (χ1n) is 10.8. The third-order valence-corrected chi connectivity index (χ3v) is 5.38. The molecule has 0 aliphatic heterocycles. The number of rotatable bonds is 6. The maximum absolute atomic E-state index is 14.2. The van der Waals surface area contributed by atoms with Gasteiger partial charge in [-0.25, -0.2) is 13.8 Å². The number of carbonyl (C=O) groups excluding carboxylic acids is 1. The third kappa shape index (κ3) is 6.27. The molecule has 3 rings (SSSR count). The van der Waals surface area contributed by atoms with Crippen molar-refractivity contribution in [2.75, 3.05) is 7.11 Å². The predicted molar refractivity (Wildman–Crippen MR) is 122 cm³/mol. The maximum Gasteiger partial charge on any atom is 0.419 e. The number of alkyl halides is 3. The highest BCUT2D eigenvalue weighted by Gasteiger charge is 2.36. The number of nitrogens with one attached hydrogen (secondary N) is 2. The SMILES string of the molecule is COc1ccc(Cc2nc(C(=O)N[C@@H](c3ccc(C(F)(F)F)c(F)c3)C(C)(C)C)cc(=O)[nH]2)cc1F. The number of benzene rings is 2. The molecule has 192 valence electrons. The lowest BCUT2D eigenvalue weighted by Gasteiger charge is -2.32. The number of hydrogen-bond donors (Lipinski definition) is 2. The molecule has 1 heterocycles. The van der Waals surface area contributed by atoms with Gasteiger partial charge in [0.25, 0.3) is 11.5 Å². The van der Waals surface area contributed by atoms with Gasteiger partial charge >= 0.3 is 6.18 Å². The number of aromatic amines is 1. The zero-order chi connectivity index (χ0) is 26.8. The standard InChI is InChI=1S/C25H24F5N3O3/c1-24(2,3)22(14-6-7-15(16(26)11-14)25(28,29)30)33-23(35)18-12-21(34)32-20(31-18)10-13-5-8-19(36-4)17(27)9-13/h5-9,11-12,22H,10H2,1-4H3,(H,33,35)(H,31,32,34)/t22-/m0/s1. The molecule has 0 unspecified atom stereocenters. The van der Waals surface area contributed by atoms with Gasteiger partial charge in [-0.2, -0.15) is 13.2 Å². The predicted octanol–water partition coefficient (Wildman–Crippen LogP) is 5.18. The van der Waals surface area contributed by atoms with Gasteiger partial charge in [0.2, 0.25) is 0 Å². The van der Waals surface area contributed by atoms with E-state index in [0.717, 1.165) is 18.2 Å². The van der Waals surface area contributed by atoms with Crippen LogP contribution in [-0.2, 0) is 12.6 Å². The van der Waals surface area contributed by atoms with Gasteiger partial charge in [0.1, 0.15) is 17.3 Å². The maximum atomic E-state index is 14.2. The second-order valence-electron chi connectivity index (χ2n) is 9.23. The lowest BCUT2D eigenvalue weighted by molar-refractivity contribution is -0.140. The normalized spacial score (nSPS) is 12.8. The van der Waals surface area contributed by atoms with Crippen LogP contribution in [0.25, 0.3) is 0 Å². The van der Waals surface area contributed by atoms with Gasteiger partial charge in [0.05, 0.1) is 18.7 Å². The average Bonchev–Trinajstić information content (AvgIpc) is 2.75. The molecule has 0 fully saturated rings. The second kappa shape index (κ2) is 10.1. The fraction of sp³-hybridized carbons (Fsp3) is 0.320. The van der Waals surface area contributed by atoms with Gasteiger partial charge in [0.15, 0.2) is 11.6 Å². The number of amides is 1. The summed E-state index contributed by atoms with van der Waals surface area (Å²) in [7, 11) is 1.32. The Morgan fingerprint density at radius 2 is 1.75 bits per heavy atom. The lowest BCUT2D eigenvalue weighted by Crippen LogP contribution is -2.37. The molecule has 0 bridgehead atoms. The number of ether oxygens (including phenoxy) is 1. The molecule has 1 aromatic heterocycles. The van der Waals surface area contributed by atoms with E-state index >= 15 is 0 Å². The van der Waals surface area contributed by atoms with Crippen molar-refractivity contribution in [3.05, 3.63) is 92.7 Å². The van der Waals surface area contributed by atoms with E-state index in [1.807, 2.05) is 0 Å². The van der Waals surface area contributed by atoms with Crippen molar-refractivity contribution in [2.24, 2.45) is 5.41 Å². The first kappa shape index (κ1) is 26.8. The Morgan fingerprint density at radius 1 is 1.06 bits per heavy atom. The van der Waals surface area contributed by atoms with Crippen LogP contribution >= 0.6 is 0 Å². The molecule has 3 aromatic rings. The summed E-state index contributed by atoms with van der Waals surface area (Å²) < 4.78 is 72.0. The molecule has 0 aliphatic carbocycles. The first-order chi connectivity index (χ1) is 16.7. The highest BCUT2D eigenvalue weighted by molar-refractivity contribution is 5.92. The highest BCUT2D eigenvalue weighted by atomic mass is 19.4. The Kier molecular flexibility index (Phi) is 7.51. The molecule has 0 saturated carbocycles. The van der Waals surface area contributed by atoms with Crippen LogP contribution < -0.4 is 15.6 Å². The Bertz CT molecular complexity index is 1330. The molecule has 2 N–H and O–H groups in total. The van der Waals surface area contributed by atoms with Crippen LogP contribution in [0.3, 0.4) is 0 Å².